The Morgan fingerprint density at radius 2 is 2.27 bits per heavy atom. The van der Waals surface area contributed by atoms with Crippen molar-refractivity contribution in [3.63, 3.8) is 0 Å². The molecule has 0 saturated heterocycles. The molecule has 0 saturated carbocycles. The van der Waals surface area contributed by atoms with Crippen LogP contribution in [0.5, 0.6) is 0 Å². The van der Waals surface area contributed by atoms with Gasteiger partial charge in [-0.2, -0.15) is 0 Å². The first-order valence-corrected chi connectivity index (χ1v) is 3.97. The van der Waals surface area contributed by atoms with E-state index in [0.717, 1.165) is 6.42 Å². The molecule has 1 unspecified atom stereocenters. The van der Waals surface area contributed by atoms with Gasteiger partial charge in [0.15, 0.2) is 0 Å². The van der Waals surface area contributed by atoms with Gasteiger partial charge in [0.25, 0.3) is 0 Å². The topological polar surface area (TPSA) is 66.4 Å². The smallest absolute Gasteiger partial charge is 1.00 e. The van der Waals surface area contributed by atoms with Crippen molar-refractivity contribution < 1.29 is 38.0 Å². The largest absolute Gasteiger partial charge is 1.00 e. The molecule has 11 heavy (non-hydrogen) atoms. The average Bonchev–Trinajstić information content (AvgIpc) is 1.82. The minimum absolute atomic E-state index is 0. The molecule has 0 aliphatic rings. The van der Waals surface area contributed by atoms with Gasteiger partial charge in [-0.25, -0.2) is 4.21 Å². The quantitative estimate of drug-likeness (QED) is 0.352. The summed E-state index contributed by atoms with van der Waals surface area (Å²) in [7, 11) is 0. The third-order valence-electron chi connectivity index (χ3n) is 0.895. The van der Waals surface area contributed by atoms with E-state index >= 15 is 0 Å². The molecule has 0 N–H and O–H groups in total. The first kappa shape index (κ1) is 13.7. The zero-order chi connectivity index (χ0) is 7.98. The van der Waals surface area contributed by atoms with Crippen molar-refractivity contribution in [1.82, 2.24) is 0 Å². The monoisotopic (exact) mass is 173 g/mol. The van der Waals surface area contributed by atoms with Crippen molar-refractivity contribution in [3.05, 3.63) is 0 Å². The molecule has 0 amide bonds. The van der Waals surface area contributed by atoms with Crippen molar-refractivity contribution in [3.8, 4) is 0 Å². The number of hydrogen-bond acceptors (Lipinski definition) is 4. The summed E-state index contributed by atoms with van der Waals surface area (Å²) < 4.78 is 23.3. The zero-order valence-corrected chi connectivity index (χ0v) is 7.48. The Morgan fingerprint density at radius 1 is 1.73 bits per heavy atom. The molecular weight excluding hydrogens is 163 g/mol. The van der Waals surface area contributed by atoms with Crippen LogP contribution in [0.15, 0.2) is 0 Å². The molecule has 1 atom stereocenters. The average molecular weight is 173 g/mol. The van der Waals surface area contributed by atoms with Gasteiger partial charge in [0.05, 0.1) is 0 Å². The Morgan fingerprint density at radius 3 is 2.64 bits per heavy atom. The maximum atomic E-state index is 10.4. The zero-order valence-electron chi connectivity index (χ0n) is 7.66. The Balaban J connectivity index is -0.000000405. The Kier molecular flexibility index (Phi) is 10.3. The third-order valence-corrected chi connectivity index (χ3v) is 1.22. The molecule has 0 heterocycles. The fourth-order valence-corrected chi connectivity index (χ4v) is 0.674. The maximum Gasteiger partial charge on any atom is 1.00 e. The molecule has 62 valence electrons. The maximum absolute atomic E-state index is 10.4. The van der Waals surface area contributed by atoms with E-state index in [4.69, 9.17) is 0 Å². The fraction of sp³-hybridized carbons (Fsp3) is 0.800. The Hall–Kier alpha value is 0.177. The molecular formula is C5H10LiO4S-. The molecule has 0 bridgehead atoms. The minimum atomic E-state index is -2.70. The second-order valence-corrected chi connectivity index (χ2v) is 2.34. The van der Waals surface area contributed by atoms with Crippen molar-refractivity contribution >= 4 is 17.3 Å². The van der Waals surface area contributed by atoms with Gasteiger partial charge in [0.1, 0.15) is 11.4 Å². The van der Waals surface area contributed by atoms with Gasteiger partial charge >= 0.3 is 24.8 Å². The van der Waals surface area contributed by atoms with Gasteiger partial charge in [-0.3, -0.25) is 4.79 Å². The van der Waals surface area contributed by atoms with Crippen LogP contribution in [0, 0.1) is 0 Å². The van der Waals surface area contributed by atoms with E-state index in [0.29, 0.717) is 6.42 Å². The van der Waals surface area contributed by atoms with Gasteiger partial charge in [0.2, 0.25) is 0 Å². The number of rotatable bonds is 4. The summed E-state index contributed by atoms with van der Waals surface area (Å²) in [5, 5.41) is 0. The van der Waals surface area contributed by atoms with Crippen LogP contribution in [0.3, 0.4) is 0 Å². The van der Waals surface area contributed by atoms with Crippen LogP contribution in [-0.4, -0.2) is 14.7 Å². The molecule has 0 fully saturated rings. The van der Waals surface area contributed by atoms with E-state index in [1.807, 2.05) is 6.92 Å². The predicted octanol–water partition coefficient (Wildman–Crippen LogP) is -2.37. The van der Waals surface area contributed by atoms with Crippen LogP contribution in [0.1, 0.15) is 27.6 Å². The minimum Gasteiger partial charge on any atom is -1.00 e. The number of carbonyl (C=O) groups is 1. The van der Waals surface area contributed by atoms with Crippen molar-refractivity contribution in [1.29, 1.82) is 0 Å². The molecule has 0 aromatic rings. The Bertz CT molecular complexity index is 143. The van der Waals surface area contributed by atoms with Gasteiger partial charge in [-0.1, -0.05) is 13.3 Å². The SMILES string of the molecule is CCCCC(=O)OS(=O)[O-].[H-].[Li+]. The second-order valence-electron chi connectivity index (χ2n) is 1.76. The molecule has 0 aromatic heterocycles. The summed E-state index contributed by atoms with van der Waals surface area (Å²) in [6, 6.07) is 0. The van der Waals surface area contributed by atoms with E-state index in [2.05, 4.69) is 4.18 Å². The molecule has 4 nitrogen and oxygen atoms in total. The van der Waals surface area contributed by atoms with Crippen molar-refractivity contribution in [2.45, 2.75) is 26.2 Å². The van der Waals surface area contributed by atoms with E-state index in [-0.39, 0.29) is 26.7 Å². The second kappa shape index (κ2) is 8.28. The normalized spacial score (nSPS) is 11.5. The Labute approximate surface area is 81.8 Å². The standard InChI is InChI=1S/C5H10O4S.Li.H/c1-2-3-4-5(6)9-10(7)8;;/h2-4H2,1H3,(H,7,8);;/q;+1;-1/p-1. The summed E-state index contributed by atoms with van der Waals surface area (Å²) in [5.74, 6) is -0.685. The van der Waals surface area contributed by atoms with Crippen molar-refractivity contribution in [2.75, 3.05) is 0 Å². The van der Waals surface area contributed by atoms with Gasteiger partial charge in [0, 0.05) is 6.42 Å². The summed E-state index contributed by atoms with van der Waals surface area (Å²) in [4.78, 5) is 10.4. The van der Waals surface area contributed by atoms with E-state index in [9.17, 15) is 13.6 Å². The number of unbranched alkanes of at least 4 members (excludes halogenated alkanes) is 1. The van der Waals surface area contributed by atoms with Gasteiger partial charge < -0.3 is 10.2 Å². The molecule has 0 rings (SSSR count). The fourth-order valence-electron chi connectivity index (χ4n) is 0.439. The number of hydrogen-bond donors (Lipinski definition) is 0. The van der Waals surface area contributed by atoms with Gasteiger partial charge in [-0.15, -0.1) is 0 Å². The first-order valence-electron chi connectivity index (χ1n) is 2.97. The van der Waals surface area contributed by atoms with Gasteiger partial charge in [-0.05, 0) is 6.42 Å². The van der Waals surface area contributed by atoms with E-state index in [1.54, 1.807) is 0 Å². The van der Waals surface area contributed by atoms with Crippen LogP contribution in [0.4, 0.5) is 0 Å². The summed E-state index contributed by atoms with van der Waals surface area (Å²) >= 11 is -2.70. The summed E-state index contributed by atoms with van der Waals surface area (Å²) in [6.45, 7) is 1.90. The molecule has 6 heteroatoms. The number of carbonyl (C=O) groups excluding carboxylic acids is 1. The van der Waals surface area contributed by atoms with Crippen LogP contribution < -0.4 is 18.9 Å². The predicted molar refractivity (Wildman–Crippen MR) is 35.6 cm³/mol. The van der Waals surface area contributed by atoms with Crippen LogP contribution in [-0.2, 0) is 20.3 Å². The molecule has 0 aliphatic heterocycles. The summed E-state index contributed by atoms with van der Waals surface area (Å²) in [5.41, 5.74) is 0. The molecule has 0 radical (unpaired) electrons. The van der Waals surface area contributed by atoms with E-state index < -0.39 is 17.3 Å². The molecule has 0 spiro atoms. The van der Waals surface area contributed by atoms with Crippen LogP contribution in [0.25, 0.3) is 0 Å². The molecule has 0 aromatic carbocycles. The summed E-state index contributed by atoms with van der Waals surface area (Å²) in [6.07, 6.45) is 1.68. The van der Waals surface area contributed by atoms with Crippen molar-refractivity contribution in [2.24, 2.45) is 0 Å². The van der Waals surface area contributed by atoms with Crippen LogP contribution >= 0.6 is 0 Å². The van der Waals surface area contributed by atoms with Crippen LogP contribution in [0.2, 0.25) is 0 Å². The molecule has 0 aliphatic carbocycles. The van der Waals surface area contributed by atoms with E-state index in [1.165, 1.54) is 0 Å². The third kappa shape index (κ3) is 10.2. The first-order chi connectivity index (χ1) is 4.66.